The summed E-state index contributed by atoms with van der Waals surface area (Å²) >= 11 is 0. The average molecular weight is 225 g/mol. The van der Waals surface area contributed by atoms with Gasteiger partial charge < -0.3 is 0 Å². The predicted octanol–water partition coefficient (Wildman–Crippen LogP) is 2.03. The number of benzene rings is 1. The van der Waals surface area contributed by atoms with Crippen LogP contribution in [0.1, 0.15) is 11.3 Å². The molecule has 0 saturated heterocycles. The van der Waals surface area contributed by atoms with E-state index in [0.717, 1.165) is 27.7 Å². The van der Waals surface area contributed by atoms with Crippen LogP contribution in [0.2, 0.25) is 0 Å². The molecule has 3 aromatic rings. The van der Waals surface area contributed by atoms with Crippen LogP contribution in [-0.4, -0.2) is 25.4 Å². The molecule has 1 aromatic carbocycles. The maximum atomic E-state index is 4.27. The predicted molar refractivity (Wildman–Crippen MR) is 64.4 cm³/mol. The average Bonchev–Trinajstić information content (AvgIpc) is 2.73. The Bertz CT molecular complexity index is 672. The number of hydrogen-bond donors (Lipinski definition) is 1. The molecule has 0 atom stereocenters. The number of nitrogens with one attached hydrogen (secondary N) is 1. The van der Waals surface area contributed by atoms with Gasteiger partial charge in [0, 0.05) is 22.8 Å². The van der Waals surface area contributed by atoms with Crippen LogP contribution in [0, 0.1) is 13.8 Å². The van der Waals surface area contributed by atoms with E-state index in [-0.39, 0.29) is 0 Å². The third-order valence-corrected chi connectivity index (χ3v) is 2.78. The highest BCUT2D eigenvalue weighted by Gasteiger charge is 2.09. The third kappa shape index (κ3) is 1.56. The van der Waals surface area contributed by atoms with Gasteiger partial charge >= 0.3 is 0 Å². The van der Waals surface area contributed by atoms with Crippen LogP contribution >= 0.6 is 0 Å². The number of aromatic amines is 1. The van der Waals surface area contributed by atoms with Gasteiger partial charge in [0.25, 0.3) is 0 Å². The fraction of sp³-hybridized carbons (Fsp3) is 0.167. The Balaban J connectivity index is 2.28. The van der Waals surface area contributed by atoms with E-state index in [1.165, 1.54) is 0 Å². The SMILES string of the molecule is Cc1[nH]nc2c(C)cc(-c3nccnn3)cc12. The molecular formula is C12H11N5. The zero-order chi connectivity index (χ0) is 11.8. The van der Waals surface area contributed by atoms with Crippen LogP contribution in [0.25, 0.3) is 22.3 Å². The standard InChI is InChI=1S/C12H11N5/c1-7-5-9(12-13-3-4-14-17-12)6-10-8(2)15-16-11(7)10/h3-6H,1-2H3,(H,15,16). The van der Waals surface area contributed by atoms with Crippen molar-refractivity contribution in [2.45, 2.75) is 13.8 Å². The molecule has 0 aliphatic rings. The molecule has 0 spiro atoms. The Morgan fingerprint density at radius 1 is 1.12 bits per heavy atom. The Morgan fingerprint density at radius 3 is 2.76 bits per heavy atom. The smallest absolute Gasteiger partial charge is 0.181 e. The van der Waals surface area contributed by atoms with Crippen LogP contribution in [0.15, 0.2) is 24.5 Å². The first-order chi connectivity index (χ1) is 8.25. The van der Waals surface area contributed by atoms with Crippen LogP contribution in [0.4, 0.5) is 0 Å². The van der Waals surface area contributed by atoms with E-state index in [1.54, 1.807) is 12.4 Å². The first kappa shape index (κ1) is 9.89. The summed E-state index contributed by atoms with van der Waals surface area (Å²) in [6.07, 6.45) is 3.21. The minimum absolute atomic E-state index is 0.637. The summed E-state index contributed by atoms with van der Waals surface area (Å²) in [6.45, 7) is 4.03. The number of nitrogens with zero attached hydrogens (tertiary/aromatic N) is 4. The van der Waals surface area contributed by atoms with Gasteiger partial charge in [-0.15, -0.1) is 5.10 Å². The van der Waals surface area contributed by atoms with E-state index in [9.17, 15) is 0 Å². The summed E-state index contributed by atoms with van der Waals surface area (Å²) in [4.78, 5) is 4.21. The molecule has 0 bridgehead atoms. The third-order valence-electron chi connectivity index (χ3n) is 2.78. The topological polar surface area (TPSA) is 67.3 Å². The van der Waals surface area contributed by atoms with Crippen LogP contribution in [0.5, 0.6) is 0 Å². The second kappa shape index (κ2) is 3.62. The van der Waals surface area contributed by atoms with Crippen molar-refractivity contribution in [1.82, 2.24) is 25.4 Å². The summed E-state index contributed by atoms with van der Waals surface area (Å²) in [7, 11) is 0. The Kier molecular flexibility index (Phi) is 2.11. The van der Waals surface area contributed by atoms with Gasteiger partial charge in [-0.05, 0) is 31.5 Å². The molecule has 1 N–H and O–H groups in total. The van der Waals surface area contributed by atoms with Crippen molar-refractivity contribution in [3.8, 4) is 11.4 Å². The fourth-order valence-electron chi connectivity index (χ4n) is 1.92. The molecule has 0 amide bonds. The summed E-state index contributed by atoms with van der Waals surface area (Å²) in [6, 6.07) is 4.07. The van der Waals surface area contributed by atoms with Gasteiger partial charge in [0.2, 0.25) is 0 Å². The number of fused-ring (bicyclic) bond motifs is 1. The van der Waals surface area contributed by atoms with Crippen LogP contribution in [-0.2, 0) is 0 Å². The zero-order valence-electron chi connectivity index (χ0n) is 9.60. The fourth-order valence-corrected chi connectivity index (χ4v) is 1.92. The molecule has 0 aliphatic heterocycles. The molecule has 0 unspecified atom stereocenters. The highest BCUT2D eigenvalue weighted by molar-refractivity contribution is 5.88. The van der Waals surface area contributed by atoms with E-state index in [4.69, 9.17) is 0 Å². The van der Waals surface area contributed by atoms with Crippen molar-refractivity contribution in [3.63, 3.8) is 0 Å². The molecule has 5 nitrogen and oxygen atoms in total. The Morgan fingerprint density at radius 2 is 2.00 bits per heavy atom. The molecule has 84 valence electrons. The molecule has 17 heavy (non-hydrogen) atoms. The quantitative estimate of drug-likeness (QED) is 0.688. The van der Waals surface area contributed by atoms with Gasteiger partial charge in [0.15, 0.2) is 5.82 Å². The summed E-state index contributed by atoms with van der Waals surface area (Å²) in [5.41, 5.74) is 4.12. The number of H-pyrrole nitrogens is 1. The lowest BCUT2D eigenvalue weighted by molar-refractivity contribution is 0.980. The second-order valence-corrected chi connectivity index (χ2v) is 4.00. The number of hydrogen-bond acceptors (Lipinski definition) is 4. The molecular weight excluding hydrogens is 214 g/mol. The second-order valence-electron chi connectivity index (χ2n) is 4.00. The summed E-state index contributed by atoms with van der Waals surface area (Å²) in [5.74, 6) is 0.637. The van der Waals surface area contributed by atoms with Gasteiger partial charge in [-0.25, -0.2) is 4.98 Å². The highest BCUT2D eigenvalue weighted by Crippen LogP contribution is 2.25. The molecule has 2 aromatic heterocycles. The van der Waals surface area contributed by atoms with E-state index in [0.29, 0.717) is 5.82 Å². The highest BCUT2D eigenvalue weighted by atomic mass is 15.1. The lowest BCUT2D eigenvalue weighted by atomic mass is 10.1. The van der Waals surface area contributed by atoms with Crippen LogP contribution in [0.3, 0.4) is 0 Å². The maximum absolute atomic E-state index is 4.27. The summed E-state index contributed by atoms with van der Waals surface area (Å²) in [5, 5.41) is 16.2. The van der Waals surface area contributed by atoms with Gasteiger partial charge in [-0.1, -0.05) is 0 Å². The largest absolute Gasteiger partial charge is 0.282 e. The van der Waals surface area contributed by atoms with Crippen molar-refractivity contribution in [2.75, 3.05) is 0 Å². The first-order valence-corrected chi connectivity index (χ1v) is 5.35. The van der Waals surface area contributed by atoms with E-state index in [2.05, 4.69) is 25.4 Å². The first-order valence-electron chi connectivity index (χ1n) is 5.35. The van der Waals surface area contributed by atoms with Crippen molar-refractivity contribution in [1.29, 1.82) is 0 Å². The Hall–Kier alpha value is -2.30. The normalized spacial score (nSPS) is 10.9. The molecule has 0 fully saturated rings. The van der Waals surface area contributed by atoms with Gasteiger partial charge in [-0.3, -0.25) is 5.10 Å². The molecule has 5 heteroatoms. The number of rotatable bonds is 1. The zero-order valence-corrected chi connectivity index (χ0v) is 9.60. The molecule has 0 aliphatic carbocycles. The Labute approximate surface area is 97.9 Å². The van der Waals surface area contributed by atoms with Crippen LogP contribution < -0.4 is 0 Å². The minimum atomic E-state index is 0.637. The van der Waals surface area contributed by atoms with E-state index in [1.807, 2.05) is 26.0 Å². The number of aryl methyl sites for hydroxylation is 2. The van der Waals surface area contributed by atoms with E-state index >= 15 is 0 Å². The molecule has 0 saturated carbocycles. The molecule has 0 radical (unpaired) electrons. The van der Waals surface area contributed by atoms with Crippen molar-refractivity contribution in [3.05, 3.63) is 35.8 Å². The lowest BCUT2D eigenvalue weighted by Gasteiger charge is -2.01. The maximum Gasteiger partial charge on any atom is 0.181 e. The molecule has 3 rings (SSSR count). The van der Waals surface area contributed by atoms with Crippen molar-refractivity contribution < 1.29 is 0 Å². The van der Waals surface area contributed by atoms with Gasteiger partial charge in [-0.2, -0.15) is 10.2 Å². The molecule has 2 heterocycles. The van der Waals surface area contributed by atoms with Crippen molar-refractivity contribution >= 4 is 10.9 Å². The number of aromatic nitrogens is 5. The monoisotopic (exact) mass is 225 g/mol. The van der Waals surface area contributed by atoms with Crippen molar-refractivity contribution in [2.24, 2.45) is 0 Å². The lowest BCUT2D eigenvalue weighted by Crippen LogP contribution is -1.91. The van der Waals surface area contributed by atoms with Gasteiger partial charge in [0.1, 0.15) is 0 Å². The summed E-state index contributed by atoms with van der Waals surface area (Å²) < 4.78 is 0. The van der Waals surface area contributed by atoms with E-state index < -0.39 is 0 Å². The van der Waals surface area contributed by atoms with Gasteiger partial charge in [0.05, 0.1) is 11.7 Å². The minimum Gasteiger partial charge on any atom is -0.282 e.